The van der Waals surface area contributed by atoms with Crippen LogP contribution in [0.15, 0.2) is 48.5 Å². The molecule has 0 saturated carbocycles. The molecule has 0 aromatic heterocycles. The average molecular weight is 435 g/mol. The lowest BCUT2D eigenvalue weighted by molar-refractivity contribution is -0.143. The van der Waals surface area contributed by atoms with E-state index in [4.69, 9.17) is 16.3 Å². The first-order valence-electron chi connectivity index (χ1n) is 9.83. The van der Waals surface area contributed by atoms with Crippen LogP contribution in [0.3, 0.4) is 0 Å². The molecule has 0 aliphatic heterocycles. The molecule has 5 nitrogen and oxygen atoms in total. The van der Waals surface area contributed by atoms with Crippen molar-refractivity contribution in [2.75, 3.05) is 6.61 Å². The van der Waals surface area contributed by atoms with Gasteiger partial charge in [-0.05, 0) is 63.1 Å². The van der Waals surface area contributed by atoms with E-state index in [1.165, 1.54) is 17.0 Å². The van der Waals surface area contributed by atoms with Crippen molar-refractivity contribution in [2.45, 2.75) is 52.2 Å². The molecule has 1 atom stereocenters. The van der Waals surface area contributed by atoms with Crippen LogP contribution in [0.25, 0.3) is 0 Å². The van der Waals surface area contributed by atoms with Crippen LogP contribution < -0.4 is 10.1 Å². The second-order valence-corrected chi connectivity index (χ2v) is 8.49. The Morgan fingerprint density at radius 1 is 1.17 bits per heavy atom. The Hall–Kier alpha value is -2.60. The maximum Gasteiger partial charge on any atom is 0.261 e. The molecule has 0 radical (unpaired) electrons. The number of ether oxygens (including phenoxy) is 1. The van der Waals surface area contributed by atoms with Crippen molar-refractivity contribution >= 4 is 23.4 Å². The van der Waals surface area contributed by atoms with Gasteiger partial charge in [-0.15, -0.1) is 0 Å². The normalized spacial score (nSPS) is 12.2. The fourth-order valence-electron chi connectivity index (χ4n) is 2.94. The number of halogens is 2. The van der Waals surface area contributed by atoms with Crippen LogP contribution >= 0.6 is 11.6 Å². The zero-order chi connectivity index (χ0) is 22.3. The Labute approximate surface area is 182 Å². The van der Waals surface area contributed by atoms with Gasteiger partial charge in [-0.25, -0.2) is 4.39 Å². The summed E-state index contributed by atoms with van der Waals surface area (Å²) in [5.41, 5.74) is 0.279. The van der Waals surface area contributed by atoms with Gasteiger partial charge in [0.15, 0.2) is 6.61 Å². The SMILES string of the molecule is CC[C@@H](C(=O)NC(C)(C)C)N(Cc1ccc(F)cc1)C(=O)COc1cccc(Cl)c1. The van der Waals surface area contributed by atoms with Crippen molar-refractivity contribution in [3.63, 3.8) is 0 Å². The highest BCUT2D eigenvalue weighted by Gasteiger charge is 2.30. The predicted molar refractivity (Wildman–Crippen MR) is 116 cm³/mol. The Balaban J connectivity index is 2.22. The molecule has 2 amide bonds. The van der Waals surface area contributed by atoms with E-state index in [1.54, 1.807) is 36.4 Å². The summed E-state index contributed by atoms with van der Waals surface area (Å²) in [4.78, 5) is 27.4. The predicted octanol–water partition coefficient (Wildman–Crippen LogP) is 4.58. The quantitative estimate of drug-likeness (QED) is 0.661. The number of carbonyl (C=O) groups is 2. The molecule has 2 rings (SSSR count). The van der Waals surface area contributed by atoms with E-state index in [2.05, 4.69) is 5.32 Å². The van der Waals surface area contributed by atoms with Crippen LogP contribution in [-0.4, -0.2) is 34.9 Å². The van der Waals surface area contributed by atoms with E-state index in [0.29, 0.717) is 17.2 Å². The third-order valence-electron chi connectivity index (χ3n) is 4.31. The van der Waals surface area contributed by atoms with E-state index in [1.807, 2.05) is 27.7 Å². The molecule has 0 spiro atoms. The van der Waals surface area contributed by atoms with Crippen LogP contribution in [0.1, 0.15) is 39.7 Å². The molecule has 0 heterocycles. The molecule has 0 aliphatic rings. The Bertz CT molecular complexity index is 865. The van der Waals surface area contributed by atoms with Gasteiger partial charge in [0.1, 0.15) is 17.6 Å². The van der Waals surface area contributed by atoms with Crippen LogP contribution in [0, 0.1) is 5.82 Å². The van der Waals surface area contributed by atoms with Crippen molar-refractivity contribution in [3.05, 3.63) is 64.9 Å². The number of nitrogens with one attached hydrogen (secondary N) is 1. The van der Waals surface area contributed by atoms with Crippen molar-refractivity contribution in [3.8, 4) is 5.75 Å². The summed E-state index contributed by atoms with van der Waals surface area (Å²) >= 11 is 5.96. The third kappa shape index (κ3) is 7.34. The third-order valence-corrected chi connectivity index (χ3v) is 4.54. The minimum Gasteiger partial charge on any atom is -0.484 e. The molecular weight excluding hydrogens is 407 g/mol. The zero-order valence-electron chi connectivity index (χ0n) is 17.7. The number of nitrogens with zero attached hydrogens (tertiary/aromatic N) is 1. The van der Waals surface area contributed by atoms with Crippen molar-refractivity contribution < 1.29 is 18.7 Å². The smallest absolute Gasteiger partial charge is 0.261 e. The first kappa shape index (κ1) is 23.7. The fraction of sp³-hybridized carbons (Fsp3) is 0.391. The lowest BCUT2D eigenvalue weighted by Gasteiger charge is -2.33. The fourth-order valence-corrected chi connectivity index (χ4v) is 3.12. The summed E-state index contributed by atoms with van der Waals surface area (Å²) in [5, 5.41) is 3.43. The molecule has 0 fully saturated rings. The largest absolute Gasteiger partial charge is 0.484 e. The first-order chi connectivity index (χ1) is 14.1. The van der Waals surface area contributed by atoms with E-state index in [0.717, 1.165) is 5.56 Å². The van der Waals surface area contributed by atoms with Gasteiger partial charge in [-0.1, -0.05) is 36.7 Å². The van der Waals surface area contributed by atoms with Gasteiger partial charge < -0.3 is 15.0 Å². The highest BCUT2D eigenvalue weighted by Crippen LogP contribution is 2.18. The average Bonchev–Trinajstić information content (AvgIpc) is 2.66. The van der Waals surface area contributed by atoms with Gasteiger partial charge in [-0.2, -0.15) is 0 Å². The lowest BCUT2D eigenvalue weighted by atomic mass is 10.1. The molecule has 0 saturated heterocycles. The van der Waals surface area contributed by atoms with E-state index >= 15 is 0 Å². The summed E-state index contributed by atoms with van der Waals surface area (Å²) in [5.74, 6) is -0.498. The molecule has 0 aliphatic carbocycles. The topological polar surface area (TPSA) is 58.6 Å². The summed E-state index contributed by atoms with van der Waals surface area (Å²) < 4.78 is 18.9. The molecule has 2 aromatic carbocycles. The van der Waals surface area contributed by atoms with Crippen LogP contribution in [0.4, 0.5) is 4.39 Å². The van der Waals surface area contributed by atoms with Gasteiger partial charge in [0.2, 0.25) is 5.91 Å². The number of benzene rings is 2. The Morgan fingerprint density at radius 3 is 2.40 bits per heavy atom. The Kier molecular flexibility index (Phi) is 8.24. The first-order valence-corrected chi connectivity index (χ1v) is 10.2. The van der Waals surface area contributed by atoms with Crippen molar-refractivity contribution in [1.29, 1.82) is 0 Å². The van der Waals surface area contributed by atoms with E-state index in [9.17, 15) is 14.0 Å². The van der Waals surface area contributed by atoms with Gasteiger partial charge in [0.25, 0.3) is 5.91 Å². The van der Waals surface area contributed by atoms with E-state index < -0.39 is 11.6 Å². The van der Waals surface area contributed by atoms with Crippen LogP contribution in [0.5, 0.6) is 5.75 Å². The number of amides is 2. The van der Waals surface area contributed by atoms with Crippen LogP contribution in [0.2, 0.25) is 5.02 Å². The molecule has 30 heavy (non-hydrogen) atoms. The molecule has 1 N–H and O–H groups in total. The maximum atomic E-state index is 13.3. The van der Waals surface area contributed by atoms with Crippen LogP contribution in [-0.2, 0) is 16.1 Å². The number of carbonyl (C=O) groups excluding carboxylic acids is 2. The molecule has 162 valence electrons. The van der Waals surface area contributed by atoms with Gasteiger partial charge >= 0.3 is 0 Å². The monoisotopic (exact) mass is 434 g/mol. The number of hydrogen-bond acceptors (Lipinski definition) is 3. The van der Waals surface area contributed by atoms with Crippen molar-refractivity contribution in [2.24, 2.45) is 0 Å². The standard InChI is InChI=1S/C23H28ClFN2O3/c1-5-20(22(29)26-23(2,3)4)27(14-16-9-11-18(25)12-10-16)21(28)15-30-19-8-6-7-17(24)13-19/h6-13,20H,5,14-15H2,1-4H3,(H,26,29)/t20-/m0/s1. The lowest BCUT2D eigenvalue weighted by Crippen LogP contribution is -2.54. The van der Waals surface area contributed by atoms with Crippen molar-refractivity contribution in [1.82, 2.24) is 10.2 Å². The molecule has 2 aromatic rings. The zero-order valence-corrected chi connectivity index (χ0v) is 18.5. The van der Waals surface area contributed by atoms with E-state index in [-0.39, 0.29) is 30.8 Å². The summed E-state index contributed by atoms with van der Waals surface area (Å²) in [6.45, 7) is 7.40. The highest BCUT2D eigenvalue weighted by atomic mass is 35.5. The molecule has 0 bridgehead atoms. The maximum absolute atomic E-state index is 13.3. The second-order valence-electron chi connectivity index (χ2n) is 8.06. The molecule has 0 unspecified atom stereocenters. The second kappa shape index (κ2) is 10.4. The minimum atomic E-state index is -0.690. The summed E-state index contributed by atoms with van der Waals surface area (Å²) in [6.07, 6.45) is 0.423. The summed E-state index contributed by atoms with van der Waals surface area (Å²) in [7, 11) is 0. The Morgan fingerprint density at radius 2 is 1.83 bits per heavy atom. The van der Waals surface area contributed by atoms with Gasteiger partial charge in [-0.3, -0.25) is 9.59 Å². The molecular formula is C23H28ClFN2O3. The molecule has 7 heteroatoms. The number of rotatable bonds is 8. The number of hydrogen-bond donors (Lipinski definition) is 1. The minimum absolute atomic E-state index is 0.161. The summed E-state index contributed by atoms with van der Waals surface area (Å²) in [6, 6.07) is 11.9. The van der Waals surface area contributed by atoms with Gasteiger partial charge in [0, 0.05) is 17.1 Å². The van der Waals surface area contributed by atoms with Gasteiger partial charge in [0.05, 0.1) is 0 Å². The highest BCUT2D eigenvalue weighted by molar-refractivity contribution is 6.30.